The van der Waals surface area contributed by atoms with Gasteiger partial charge >= 0.3 is 6.03 Å². The molecule has 3 amide bonds. The molecule has 0 fully saturated rings. The summed E-state index contributed by atoms with van der Waals surface area (Å²) >= 11 is 0. The highest BCUT2D eigenvalue weighted by Gasteiger charge is 2.23. The zero-order chi connectivity index (χ0) is 21.9. The first kappa shape index (κ1) is 23.4. The second-order valence-corrected chi connectivity index (χ2v) is 7.82. The van der Waals surface area contributed by atoms with Gasteiger partial charge in [-0.25, -0.2) is 9.18 Å². The molecule has 1 aromatic carbocycles. The largest absolute Gasteiger partial charge is 0.467 e. The van der Waals surface area contributed by atoms with Crippen LogP contribution in [0.2, 0.25) is 0 Å². The minimum atomic E-state index is -0.325. The van der Waals surface area contributed by atoms with Gasteiger partial charge in [0.15, 0.2) is 0 Å². The molecule has 0 saturated carbocycles. The normalized spacial score (nSPS) is 10.8. The molecule has 30 heavy (non-hydrogen) atoms. The van der Waals surface area contributed by atoms with Crippen LogP contribution in [-0.2, 0) is 17.9 Å². The van der Waals surface area contributed by atoms with Gasteiger partial charge in [-0.3, -0.25) is 4.79 Å². The average molecular weight is 418 g/mol. The Morgan fingerprint density at radius 1 is 1.10 bits per heavy atom. The summed E-state index contributed by atoms with van der Waals surface area (Å²) in [5, 5.41) is 2.89. The number of halogens is 1. The van der Waals surface area contributed by atoms with Gasteiger partial charge in [-0.15, -0.1) is 0 Å². The highest BCUT2D eigenvalue weighted by molar-refractivity contribution is 5.84. The second kappa shape index (κ2) is 12.0. The number of urea groups is 1. The lowest BCUT2D eigenvalue weighted by Gasteiger charge is -2.28. The van der Waals surface area contributed by atoms with Crippen molar-refractivity contribution in [1.82, 2.24) is 15.1 Å². The van der Waals surface area contributed by atoms with Crippen molar-refractivity contribution >= 4 is 11.9 Å². The molecule has 0 bridgehead atoms. The number of hydrogen-bond donors (Lipinski definition) is 1. The van der Waals surface area contributed by atoms with Gasteiger partial charge < -0.3 is 19.5 Å². The van der Waals surface area contributed by atoms with Gasteiger partial charge in [0.2, 0.25) is 5.91 Å². The lowest BCUT2D eigenvalue weighted by atomic mass is 10.2. The summed E-state index contributed by atoms with van der Waals surface area (Å²) in [6, 6.07) is 9.39. The first-order valence-electron chi connectivity index (χ1n) is 10.5. The van der Waals surface area contributed by atoms with E-state index in [1.54, 1.807) is 40.3 Å². The summed E-state index contributed by atoms with van der Waals surface area (Å²) in [5.74, 6) is 0.357. The minimum absolute atomic E-state index is 0.0297. The van der Waals surface area contributed by atoms with Gasteiger partial charge in [-0.2, -0.15) is 0 Å². The molecule has 0 aliphatic carbocycles. The number of nitrogens with zero attached hydrogens (tertiary/aromatic N) is 2. The van der Waals surface area contributed by atoms with E-state index in [0.29, 0.717) is 25.4 Å². The number of benzene rings is 1. The van der Waals surface area contributed by atoms with Crippen LogP contribution >= 0.6 is 0 Å². The van der Waals surface area contributed by atoms with Gasteiger partial charge in [0, 0.05) is 19.6 Å². The van der Waals surface area contributed by atoms with E-state index in [2.05, 4.69) is 12.2 Å². The molecule has 164 valence electrons. The van der Waals surface area contributed by atoms with Crippen LogP contribution in [-0.4, -0.2) is 41.4 Å². The molecule has 6 nitrogen and oxygen atoms in total. The van der Waals surface area contributed by atoms with E-state index in [-0.39, 0.29) is 36.8 Å². The molecule has 1 aromatic heterocycles. The lowest BCUT2D eigenvalue weighted by Crippen LogP contribution is -2.47. The molecule has 0 unspecified atom stereocenters. The van der Waals surface area contributed by atoms with Crippen LogP contribution in [0, 0.1) is 11.7 Å². The molecule has 0 aliphatic heterocycles. The first-order valence-corrected chi connectivity index (χ1v) is 10.5. The second-order valence-electron chi connectivity index (χ2n) is 7.82. The van der Waals surface area contributed by atoms with Gasteiger partial charge in [0.25, 0.3) is 0 Å². The monoisotopic (exact) mass is 417 g/mol. The Kier molecular flexibility index (Phi) is 9.38. The third kappa shape index (κ3) is 7.89. The average Bonchev–Trinajstić information content (AvgIpc) is 3.21. The molecule has 0 atom stereocenters. The maximum absolute atomic E-state index is 13.3. The van der Waals surface area contributed by atoms with E-state index in [1.165, 1.54) is 12.1 Å². The van der Waals surface area contributed by atoms with Gasteiger partial charge in [-0.1, -0.05) is 39.3 Å². The number of carbonyl (C=O) groups is 2. The summed E-state index contributed by atoms with van der Waals surface area (Å²) in [4.78, 5) is 28.9. The van der Waals surface area contributed by atoms with Crippen molar-refractivity contribution < 1.29 is 18.4 Å². The summed E-state index contributed by atoms with van der Waals surface area (Å²) in [6.45, 7) is 7.69. The molecule has 0 spiro atoms. The SMILES string of the molecule is CCCCNC(=O)N(CC(=O)N(Cc1ccc(F)cc1)Cc1ccco1)CC(C)C. The summed E-state index contributed by atoms with van der Waals surface area (Å²) in [7, 11) is 0. The fourth-order valence-corrected chi connectivity index (χ4v) is 3.04. The van der Waals surface area contributed by atoms with Crippen LogP contribution in [0.15, 0.2) is 47.1 Å². The number of furan rings is 1. The quantitative estimate of drug-likeness (QED) is 0.551. The van der Waals surface area contributed by atoms with E-state index < -0.39 is 0 Å². The molecule has 7 heteroatoms. The maximum Gasteiger partial charge on any atom is 0.317 e. The standard InChI is InChI=1S/C23H32FN3O3/c1-4-5-12-25-23(29)27(14-18(2)3)17-22(28)26(16-21-7-6-13-30-21)15-19-8-10-20(24)11-9-19/h6-11,13,18H,4-5,12,14-17H2,1-3H3,(H,25,29). The van der Waals surface area contributed by atoms with Crippen molar-refractivity contribution in [2.24, 2.45) is 5.92 Å². The van der Waals surface area contributed by atoms with Gasteiger partial charge in [-0.05, 0) is 42.2 Å². The Morgan fingerprint density at radius 3 is 2.43 bits per heavy atom. The number of unbranched alkanes of at least 4 members (excludes halogenated alkanes) is 1. The van der Waals surface area contributed by atoms with Crippen LogP contribution in [0.5, 0.6) is 0 Å². The van der Waals surface area contributed by atoms with Gasteiger partial charge in [0.1, 0.15) is 18.1 Å². The van der Waals surface area contributed by atoms with Crippen molar-refractivity contribution in [1.29, 1.82) is 0 Å². The molecule has 0 aliphatic rings. The van der Waals surface area contributed by atoms with Crippen molar-refractivity contribution in [3.05, 3.63) is 59.8 Å². The van der Waals surface area contributed by atoms with E-state index in [0.717, 1.165) is 18.4 Å². The third-order valence-electron chi connectivity index (χ3n) is 4.57. The minimum Gasteiger partial charge on any atom is -0.467 e. The number of hydrogen-bond acceptors (Lipinski definition) is 3. The third-order valence-corrected chi connectivity index (χ3v) is 4.57. The predicted molar refractivity (Wildman–Crippen MR) is 114 cm³/mol. The molecular weight excluding hydrogens is 385 g/mol. The van der Waals surface area contributed by atoms with E-state index >= 15 is 0 Å². The number of nitrogens with one attached hydrogen (secondary N) is 1. The highest BCUT2D eigenvalue weighted by atomic mass is 19.1. The summed E-state index contributed by atoms with van der Waals surface area (Å²) in [6.07, 6.45) is 3.44. The topological polar surface area (TPSA) is 65.8 Å². The molecule has 0 radical (unpaired) electrons. The fourth-order valence-electron chi connectivity index (χ4n) is 3.04. The van der Waals surface area contributed by atoms with E-state index in [1.807, 2.05) is 13.8 Å². The Labute approximate surface area is 178 Å². The van der Waals surface area contributed by atoms with Crippen molar-refractivity contribution in [3.63, 3.8) is 0 Å². The summed E-state index contributed by atoms with van der Waals surface area (Å²) < 4.78 is 18.7. The zero-order valence-electron chi connectivity index (χ0n) is 18.1. The van der Waals surface area contributed by atoms with Crippen molar-refractivity contribution in [2.75, 3.05) is 19.6 Å². The fraction of sp³-hybridized carbons (Fsp3) is 0.478. The molecule has 0 saturated heterocycles. The number of carbonyl (C=O) groups excluding carboxylic acids is 2. The highest BCUT2D eigenvalue weighted by Crippen LogP contribution is 2.13. The van der Waals surface area contributed by atoms with Crippen LogP contribution in [0.4, 0.5) is 9.18 Å². The van der Waals surface area contributed by atoms with Crippen LogP contribution in [0.25, 0.3) is 0 Å². The van der Waals surface area contributed by atoms with Crippen LogP contribution < -0.4 is 5.32 Å². The van der Waals surface area contributed by atoms with Crippen LogP contribution in [0.3, 0.4) is 0 Å². The van der Waals surface area contributed by atoms with Crippen molar-refractivity contribution in [2.45, 2.75) is 46.7 Å². The number of rotatable bonds is 11. The Hall–Kier alpha value is -2.83. The molecule has 1 heterocycles. The Bertz CT molecular complexity index is 776. The Morgan fingerprint density at radius 2 is 1.83 bits per heavy atom. The number of amides is 3. The maximum atomic E-state index is 13.3. The molecule has 1 N–H and O–H groups in total. The molecular formula is C23H32FN3O3. The molecule has 2 aromatic rings. The van der Waals surface area contributed by atoms with E-state index in [9.17, 15) is 14.0 Å². The van der Waals surface area contributed by atoms with Gasteiger partial charge in [0.05, 0.1) is 12.8 Å². The Balaban J connectivity index is 2.12. The summed E-state index contributed by atoms with van der Waals surface area (Å²) in [5.41, 5.74) is 0.805. The smallest absolute Gasteiger partial charge is 0.317 e. The predicted octanol–water partition coefficient (Wildman–Crippen LogP) is 4.42. The lowest BCUT2D eigenvalue weighted by molar-refractivity contribution is -0.133. The zero-order valence-corrected chi connectivity index (χ0v) is 18.1. The first-order chi connectivity index (χ1) is 14.4. The van der Waals surface area contributed by atoms with Crippen molar-refractivity contribution in [3.8, 4) is 0 Å². The van der Waals surface area contributed by atoms with E-state index in [4.69, 9.17) is 4.42 Å². The van der Waals surface area contributed by atoms with Crippen LogP contribution in [0.1, 0.15) is 44.9 Å². The molecule has 2 rings (SSSR count).